The van der Waals surface area contributed by atoms with E-state index in [1.165, 1.54) is 30.2 Å². The number of benzene rings is 1. The minimum Gasteiger partial charge on any atom is -0.494 e. The number of aryl methyl sites for hydroxylation is 1. The van der Waals surface area contributed by atoms with Crippen molar-refractivity contribution < 1.29 is 19.1 Å². The smallest absolute Gasteiger partial charge is 0.349 e. The second kappa shape index (κ2) is 8.43. The van der Waals surface area contributed by atoms with Crippen LogP contribution in [0.4, 0.5) is 0 Å². The molecule has 0 aliphatic carbocycles. The van der Waals surface area contributed by atoms with Gasteiger partial charge in [-0.15, -0.1) is 11.3 Å². The number of nitrogens with zero attached hydrogens (tertiary/aromatic N) is 1. The molecule has 0 bridgehead atoms. The quantitative estimate of drug-likeness (QED) is 0.548. The van der Waals surface area contributed by atoms with Crippen LogP contribution in [0.15, 0.2) is 30.5 Å². The summed E-state index contributed by atoms with van der Waals surface area (Å²) in [5.74, 6) is 0.474. The summed E-state index contributed by atoms with van der Waals surface area (Å²) < 4.78 is 10.2. The molecule has 0 N–H and O–H groups in total. The third-order valence-electron chi connectivity index (χ3n) is 3.18. The summed E-state index contributed by atoms with van der Waals surface area (Å²) in [6.07, 6.45) is 2.77. The number of aromatic nitrogens is 1. The summed E-state index contributed by atoms with van der Waals surface area (Å²) in [6, 6.07) is 7.81. The molecule has 1 aromatic carbocycles. The van der Waals surface area contributed by atoms with Crippen molar-refractivity contribution >= 4 is 23.1 Å². The van der Waals surface area contributed by atoms with Crippen molar-refractivity contribution in [1.29, 1.82) is 0 Å². The molecule has 1 heterocycles. The van der Waals surface area contributed by atoms with Crippen LogP contribution in [0.1, 0.15) is 33.1 Å². The van der Waals surface area contributed by atoms with Gasteiger partial charge in [0.15, 0.2) is 0 Å². The maximum Gasteiger partial charge on any atom is 0.349 e. The fourth-order valence-corrected chi connectivity index (χ4v) is 2.80. The van der Waals surface area contributed by atoms with Crippen molar-refractivity contribution in [2.45, 2.75) is 26.2 Å². The number of Topliss-reactive ketones (excluding diaryl/α,β-unsaturated/α-hetero) is 1. The first-order valence-electron chi connectivity index (χ1n) is 7.32. The van der Waals surface area contributed by atoms with Gasteiger partial charge in [-0.3, -0.25) is 4.79 Å². The van der Waals surface area contributed by atoms with Crippen LogP contribution in [-0.2, 0) is 16.0 Å². The van der Waals surface area contributed by atoms with E-state index in [0.29, 0.717) is 29.3 Å². The van der Waals surface area contributed by atoms with Gasteiger partial charge in [0.05, 0.1) is 26.3 Å². The molecule has 0 saturated carbocycles. The van der Waals surface area contributed by atoms with Gasteiger partial charge in [-0.2, -0.15) is 0 Å². The van der Waals surface area contributed by atoms with Gasteiger partial charge in [0, 0.05) is 6.42 Å². The lowest BCUT2D eigenvalue weighted by molar-refractivity contribution is -0.118. The van der Waals surface area contributed by atoms with Crippen molar-refractivity contribution in [3.63, 3.8) is 0 Å². The number of ether oxygens (including phenoxy) is 2. The zero-order valence-corrected chi connectivity index (χ0v) is 14.0. The highest BCUT2D eigenvalue weighted by atomic mass is 32.1. The fraction of sp³-hybridized carbons (Fsp3) is 0.353. The minimum atomic E-state index is -0.423. The molecule has 6 heteroatoms. The summed E-state index contributed by atoms with van der Waals surface area (Å²) in [6.45, 7) is 2.52. The van der Waals surface area contributed by atoms with Gasteiger partial charge in [-0.25, -0.2) is 9.78 Å². The summed E-state index contributed by atoms with van der Waals surface area (Å²) in [5, 5.41) is 0.634. The highest BCUT2D eigenvalue weighted by Crippen LogP contribution is 2.16. The van der Waals surface area contributed by atoms with Crippen LogP contribution < -0.4 is 4.74 Å². The van der Waals surface area contributed by atoms with Crippen molar-refractivity contribution in [2.24, 2.45) is 0 Å². The van der Waals surface area contributed by atoms with Crippen LogP contribution in [-0.4, -0.2) is 30.5 Å². The molecule has 0 radical (unpaired) electrons. The lowest BCUT2D eigenvalue weighted by atomic mass is 10.2. The monoisotopic (exact) mass is 333 g/mol. The Morgan fingerprint density at radius 1 is 1.22 bits per heavy atom. The zero-order valence-electron chi connectivity index (χ0n) is 13.2. The van der Waals surface area contributed by atoms with Crippen LogP contribution >= 0.6 is 11.3 Å². The first-order valence-corrected chi connectivity index (χ1v) is 8.14. The maximum absolute atomic E-state index is 11.9. The Morgan fingerprint density at radius 2 is 1.96 bits per heavy atom. The van der Waals surface area contributed by atoms with E-state index in [2.05, 4.69) is 9.72 Å². The molecule has 23 heavy (non-hydrogen) atoms. The standard InChI is InChI=1S/C17H19NO4S/c1-12-5-7-14(8-6-12)22-9-3-4-13(19)10-16-18-11-15(23-16)17(20)21-2/h5-8,11H,3-4,9-10H2,1-2H3. The summed E-state index contributed by atoms with van der Waals surface area (Å²) in [4.78, 5) is 27.7. The molecule has 1 aromatic heterocycles. The third-order valence-corrected chi connectivity index (χ3v) is 4.16. The van der Waals surface area contributed by atoms with Crippen molar-refractivity contribution in [3.05, 3.63) is 45.9 Å². The lowest BCUT2D eigenvalue weighted by Gasteiger charge is -2.05. The van der Waals surface area contributed by atoms with Crippen LogP contribution in [0.25, 0.3) is 0 Å². The molecule has 5 nitrogen and oxygen atoms in total. The second-order valence-electron chi connectivity index (χ2n) is 5.09. The van der Waals surface area contributed by atoms with E-state index in [0.717, 1.165) is 5.75 Å². The number of hydrogen-bond donors (Lipinski definition) is 0. The van der Waals surface area contributed by atoms with Crippen LogP contribution in [0.2, 0.25) is 0 Å². The predicted molar refractivity (Wildman–Crippen MR) is 88.1 cm³/mol. The van der Waals surface area contributed by atoms with E-state index in [4.69, 9.17) is 4.74 Å². The number of methoxy groups -OCH3 is 1. The number of carbonyl (C=O) groups is 2. The van der Waals surface area contributed by atoms with Gasteiger partial charge in [0.1, 0.15) is 21.4 Å². The van der Waals surface area contributed by atoms with Crippen molar-refractivity contribution in [1.82, 2.24) is 4.98 Å². The molecule has 122 valence electrons. The lowest BCUT2D eigenvalue weighted by Crippen LogP contribution is -2.06. The van der Waals surface area contributed by atoms with Crippen LogP contribution in [0.3, 0.4) is 0 Å². The first-order chi connectivity index (χ1) is 11.1. The van der Waals surface area contributed by atoms with E-state index in [9.17, 15) is 9.59 Å². The molecule has 0 unspecified atom stereocenters. The summed E-state index contributed by atoms with van der Waals surface area (Å²) in [5.41, 5.74) is 1.18. The highest BCUT2D eigenvalue weighted by molar-refractivity contribution is 7.13. The Bertz CT molecular complexity index is 663. The molecule has 0 saturated heterocycles. The number of ketones is 1. The molecular formula is C17H19NO4S. The van der Waals surface area contributed by atoms with Crippen LogP contribution in [0.5, 0.6) is 5.75 Å². The second-order valence-corrected chi connectivity index (χ2v) is 6.21. The zero-order chi connectivity index (χ0) is 16.7. The topological polar surface area (TPSA) is 65.5 Å². The van der Waals surface area contributed by atoms with E-state index in [1.807, 2.05) is 31.2 Å². The predicted octanol–water partition coefficient (Wildman–Crippen LogP) is 3.21. The number of carbonyl (C=O) groups excluding carboxylic acids is 2. The van der Waals surface area contributed by atoms with E-state index >= 15 is 0 Å². The SMILES string of the molecule is COC(=O)c1cnc(CC(=O)CCCOc2ccc(C)cc2)s1. The Kier molecular flexibility index (Phi) is 6.29. The minimum absolute atomic E-state index is 0.0864. The van der Waals surface area contributed by atoms with Gasteiger partial charge >= 0.3 is 5.97 Å². The maximum atomic E-state index is 11.9. The third kappa shape index (κ3) is 5.49. The molecule has 0 amide bonds. The van der Waals surface area contributed by atoms with E-state index in [1.54, 1.807) is 0 Å². The Labute approximate surface area is 139 Å². The molecule has 2 aromatic rings. The van der Waals surface area contributed by atoms with Crippen molar-refractivity contribution in [2.75, 3.05) is 13.7 Å². The first kappa shape index (κ1) is 17.1. The Hall–Kier alpha value is -2.21. The van der Waals surface area contributed by atoms with Gasteiger partial charge < -0.3 is 9.47 Å². The average Bonchev–Trinajstić information content (AvgIpc) is 3.01. The van der Waals surface area contributed by atoms with E-state index in [-0.39, 0.29) is 12.2 Å². The fourth-order valence-electron chi connectivity index (χ4n) is 1.94. The molecule has 0 aliphatic heterocycles. The Morgan fingerprint density at radius 3 is 2.65 bits per heavy atom. The summed E-state index contributed by atoms with van der Waals surface area (Å²) >= 11 is 1.19. The number of thiazole rings is 1. The highest BCUT2D eigenvalue weighted by Gasteiger charge is 2.13. The molecular weight excluding hydrogens is 314 g/mol. The van der Waals surface area contributed by atoms with Gasteiger partial charge in [-0.1, -0.05) is 17.7 Å². The van der Waals surface area contributed by atoms with Crippen molar-refractivity contribution in [3.8, 4) is 5.75 Å². The number of rotatable bonds is 8. The largest absolute Gasteiger partial charge is 0.494 e. The van der Waals surface area contributed by atoms with Gasteiger partial charge in [0.2, 0.25) is 0 Å². The normalized spacial score (nSPS) is 10.3. The molecule has 0 atom stereocenters. The average molecular weight is 333 g/mol. The van der Waals surface area contributed by atoms with Gasteiger partial charge in [0.25, 0.3) is 0 Å². The molecule has 0 aliphatic rings. The van der Waals surface area contributed by atoms with Gasteiger partial charge in [-0.05, 0) is 25.5 Å². The summed E-state index contributed by atoms with van der Waals surface area (Å²) in [7, 11) is 1.32. The number of esters is 1. The Balaban J connectivity index is 1.69. The molecule has 0 spiro atoms. The molecule has 2 rings (SSSR count). The molecule has 0 fully saturated rings. The van der Waals surface area contributed by atoms with Crippen LogP contribution in [0, 0.1) is 6.92 Å². The number of hydrogen-bond acceptors (Lipinski definition) is 6. The van der Waals surface area contributed by atoms with E-state index < -0.39 is 5.97 Å².